The summed E-state index contributed by atoms with van der Waals surface area (Å²) in [5.41, 5.74) is 1.39. The Morgan fingerprint density at radius 1 is 1.21 bits per heavy atom. The van der Waals surface area contributed by atoms with Crippen LogP contribution in [0, 0.1) is 0 Å². The summed E-state index contributed by atoms with van der Waals surface area (Å²) in [5.74, 6) is -0.766. The van der Waals surface area contributed by atoms with Crippen molar-refractivity contribution in [2.24, 2.45) is 0 Å². The molecule has 1 aliphatic heterocycles. The molecule has 8 nitrogen and oxygen atoms in total. The second-order valence-corrected chi connectivity index (χ2v) is 8.34. The molecule has 0 fully saturated rings. The highest BCUT2D eigenvalue weighted by Gasteiger charge is 2.29. The number of fused-ring (bicyclic) bond motifs is 1. The Balaban J connectivity index is 2.03. The van der Waals surface area contributed by atoms with Crippen molar-refractivity contribution in [2.75, 3.05) is 37.6 Å². The first kappa shape index (κ1) is 22.9. The molecule has 1 aromatic rings. The van der Waals surface area contributed by atoms with E-state index in [-0.39, 0.29) is 11.4 Å². The maximum Gasteiger partial charge on any atom is 0.405 e. The number of imide groups is 1. The van der Waals surface area contributed by atoms with Crippen molar-refractivity contribution in [1.82, 2.24) is 14.9 Å². The molecule has 0 unspecified atom stereocenters. The Kier molecular flexibility index (Phi) is 7.11. The third-order valence-electron chi connectivity index (χ3n) is 4.42. The number of benzene rings is 1. The first-order chi connectivity index (χ1) is 13.5. The van der Waals surface area contributed by atoms with E-state index in [0.29, 0.717) is 31.7 Å². The molecule has 0 aromatic heterocycles. The van der Waals surface area contributed by atoms with Gasteiger partial charge < -0.3 is 10.2 Å². The van der Waals surface area contributed by atoms with Crippen LogP contribution in [-0.2, 0) is 21.2 Å². The Morgan fingerprint density at radius 3 is 2.45 bits per heavy atom. The number of urea groups is 1. The number of anilines is 1. The van der Waals surface area contributed by atoms with E-state index in [1.54, 1.807) is 36.2 Å². The molecule has 12 heteroatoms. The average Bonchev–Trinajstić information content (AvgIpc) is 3.02. The van der Waals surface area contributed by atoms with E-state index in [4.69, 9.17) is 0 Å². The summed E-state index contributed by atoms with van der Waals surface area (Å²) in [5, 5.41) is 3.40. The zero-order valence-electron chi connectivity index (χ0n) is 16.0. The van der Waals surface area contributed by atoms with Crippen molar-refractivity contribution in [3.63, 3.8) is 0 Å². The number of rotatable bonds is 7. The minimum atomic E-state index is -4.57. The highest BCUT2D eigenvalue weighted by molar-refractivity contribution is 7.89. The molecule has 0 aliphatic carbocycles. The van der Waals surface area contributed by atoms with Crippen LogP contribution in [0.25, 0.3) is 0 Å². The Morgan fingerprint density at radius 2 is 1.86 bits per heavy atom. The van der Waals surface area contributed by atoms with E-state index >= 15 is 0 Å². The van der Waals surface area contributed by atoms with E-state index in [0.717, 1.165) is 5.56 Å². The summed E-state index contributed by atoms with van der Waals surface area (Å²) in [6.07, 6.45) is -4.07. The lowest BCUT2D eigenvalue weighted by Crippen LogP contribution is -2.46. The number of sulfonamides is 1. The van der Waals surface area contributed by atoms with Crippen molar-refractivity contribution >= 4 is 27.6 Å². The van der Waals surface area contributed by atoms with Gasteiger partial charge in [0.1, 0.15) is 6.54 Å². The van der Waals surface area contributed by atoms with Crippen LogP contribution >= 0.6 is 0 Å². The number of nitrogens with one attached hydrogen (secondary N) is 2. The van der Waals surface area contributed by atoms with Crippen molar-refractivity contribution in [1.29, 1.82) is 0 Å². The number of halogens is 3. The Hall–Kier alpha value is -2.34. The first-order valence-corrected chi connectivity index (χ1v) is 10.4. The van der Waals surface area contributed by atoms with Gasteiger partial charge in [0, 0.05) is 25.3 Å². The molecule has 0 saturated carbocycles. The maximum absolute atomic E-state index is 12.6. The average molecular weight is 436 g/mol. The highest BCUT2D eigenvalue weighted by Crippen LogP contribution is 2.30. The molecular formula is C17H23F3N4O4S. The van der Waals surface area contributed by atoms with Crippen LogP contribution < -0.4 is 15.5 Å². The second-order valence-electron chi connectivity index (χ2n) is 6.40. The van der Waals surface area contributed by atoms with Crippen LogP contribution in [0.1, 0.15) is 19.4 Å². The lowest BCUT2D eigenvalue weighted by atomic mass is 10.2. The Labute approximate surface area is 167 Å². The summed E-state index contributed by atoms with van der Waals surface area (Å²) in [4.78, 5) is 25.1. The molecule has 1 aliphatic rings. The summed E-state index contributed by atoms with van der Waals surface area (Å²) >= 11 is 0. The predicted molar refractivity (Wildman–Crippen MR) is 100 cm³/mol. The van der Waals surface area contributed by atoms with Gasteiger partial charge in [0.2, 0.25) is 15.9 Å². The van der Waals surface area contributed by atoms with Gasteiger partial charge in [-0.2, -0.15) is 17.5 Å². The molecular weight excluding hydrogens is 413 g/mol. The second kappa shape index (κ2) is 8.99. The smallest absolute Gasteiger partial charge is 0.362 e. The van der Waals surface area contributed by atoms with Gasteiger partial charge in [-0.15, -0.1) is 0 Å². The largest absolute Gasteiger partial charge is 0.405 e. The van der Waals surface area contributed by atoms with E-state index in [2.05, 4.69) is 0 Å². The van der Waals surface area contributed by atoms with Crippen LogP contribution in [0.4, 0.5) is 23.7 Å². The number of amides is 3. The molecule has 1 heterocycles. The summed E-state index contributed by atoms with van der Waals surface area (Å²) < 4.78 is 62.8. The molecule has 0 atom stereocenters. The third kappa shape index (κ3) is 5.82. The number of carbonyl (C=O) groups excluding carboxylic acids is 2. The van der Waals surface area contributed by atoms with Gasteiger partial charge in [0.15, 0.2) is 0 Å². The Bertz CT molecular complexity index is 870. The van der Waals surface area contributed by atoms with Gasteiger partial charge >= 0.3 is 12.2 Å². The van der Waals surface area contributed by atoms with E-state index in [1.807, 2.05) is 5.32 Å². The van der Waals surface area contributed by atoms with Gasteiger partial charge in [-0.3, -0.25) is 10.1 Å². The highest BCUT2D eigenvalue weighted by atomic mass is 32.2. The topological polar surface area (TPSA) is 98.8 Å². The fourth-order valence-corrected chi connectivity index (χ4v) is 4.56. The number of hydrogen-bond donors (Lipinski definition) is 2. The lowest BCUT2D eigenvalue weighted by Gasteiger charge is -2.21. The van der Waals surface area contributed by atoms with Crippen molar-refractivity contribution in [2.45, 2.75) is 31.3 Å². The molecule has 0 radical (unpaired) electrons. The monoisotopic (exact) mass is 436 g/mol. The minimum absolute atomic E-state index is 0.165. The van der Waals surface area contributed by atoms with Crippen LogP contribution in [-0.4, -0.2) is 63.6 Å². The molecule has 0 saturated heterocycles. The van der Waals surface area contributed by atoms with Gasteiger partial charge in [0.25, 0.3) is 0 Å². The molecule has 2 rings (SSSR count). The third-order valence-corrected chi connectivity index (χ3v) is 6.47. The summed E-state index contributed by atoms with van der Waals surface area (Å²) in [7, 11) is -3.61. The number of carbonyl (C=O) groups is 2. The van der Waals surface area contributed by atoms with Gasteiger partial charge in [-0.25, -0.2) is 13.2 Å². The van der Waals surface area contributed by atoms with Crippen LogP contribution in [0.15, 0.2) is 23.1 Å². The predicted octanol–water partition coefficient (Wildman–Crippen LogP) is 1.47. The van der Waals surface area contributed by atoms with E-state index < -0.39 is 34.7 Å². The molecule has 0 spiro atoms. The van der Waals surface area contributed by atoms with Crippen LogP contribution in [0.3, 0.4) is 0 Å². The molecule has 3 amide bonds. The zero-order valence-corrected chi connectivity index (χ0v) is 16.9. The number of nitrogens with zero attached hydrogens (tertiary/aromatic N) is 2. The van der Waals surface area contributed by atoms with Gasteiger partial charge in [0.05, 0.1) is 11.4 Å². The van der Waals surface area contributed by atoms with Crippen molar-refractivity contribution in [3.05, 3.63) is 23.8 Å². The van der Waals surface area contributed by atoms with E-state index in [9.17, 15) is 31.2 Å². The van der Waals surface area contributed by atoms with Crippen LogP contribution in [0.2, 0.25) is 0 Å². The maximum atomic E-state index is 12.6. The zero-order chi connectivity index (χ0) is 21.8. The molecule has 29 heavy (non-hydrogen) atoms. The van der Waals surface area contributed by atoms with Gasteiger partial charge in [-0.1, -0.05) is 13.8 Å². The normalized spacial score (nSPS) is 14.1. The molecule has 0 bridgehead atoms. The summed E-state index contributed by atoms with van der Waals surface area (Å²) in [6, 6.07) is 3.39. The van der Waals surface area contributed by atoms with Crippen LogP contribution in [0.5, 0.6) is 0 Å². The van der Waals surface area contributed by atoms with Crippen molar-refractivity contribution < 1.29 is 31.2 Å². The van der Waals surface area contributed by atoms with Gasteiger partial charge in [-0.05, 0) is 30.2 Å². The molecule has 2 N–H and O–H groups in total. The minimum Gasteiger partial charge on any atom is -0.362 e. The number of hydrogen-bond acceptors (Lipinski definition) is 5. The standard InChI is InChI=1S/C17H23F3N4O4S/c1-3-24(4-2)29(27,28)13-5-6-14-12(9-13)7-8-23(14)10-15(25)22-16(26)21-11-17(18,19)20/h5-6,9H,3-4,7-8,10-11H2,1-2H3,(H2,21,22,25,26). The molecule has 1 aromatic carbocycles. The first-order valence-electron chi connectivity index (χ1n) is 9.00. The number of alkyl halides is 3. The molecule has 162 valence electrons. The lowest BCUT2D eigenvalue weighted by molar-refractivity contribution is -0.124. The quantitative estimate of drug-likeness (QED) is 0.675. The SMILES string of the molecule is CCN(CC)S(=O)(=O)c1ccc2c(c1)CCN2CC(=O)NC(=O)NCC(F)(F)F. The van der Waals surface area contributed by atoms with Crippen molar-refractivity contribution in [3.8, 4) is 0 Å². The fraction of sp³-hybridized carbons (Fsp3) is 0.529. The fourth-order valence-electron chi connectivity index (χ4n) is 3.05. The van der Waals surface area contributed by atoms with E-state index in [1.165, 1.54) is 10.4 Å². The summed E-state index contributed by atoms with van der Waals surface area (Å²) in [6.45, 7) is 2.83.